The van der Waals surface area contributed by atoms with Crippen LogP contribution < -0.4 is 0 Å². The molecule has 0 bridgehead atoms. The molecule has 0 N–H and O–H groups in total. The lowest BCUT2D eigenvalue weighted by atomic mass is 10.1. The van der Waals surface area contributed by atoms with E-state index in [9.17, 15) is 4.79 Å². The number of Topliss-reactive ketones (excluding diaryl/α,β-unsaturated/α-hetero) is 1. The van der Waals surface area contributed by atoms with Gasteiger partial charge in [-0.2, -0.15) is 0 Å². The second-order valence-corrected chi connectivity index (χ2v) is 3.04. The first-order valence-electron chi connectivity index (χ1n) is 4.34. The molecule has 0 amide bonds. The number of hydrogen-bond acceptors (Lipinski definition) is 1. The molecule has 1 aromatic rings. The summed E-state index contributed by atoms with van der Waals surface area (Å²) in [6.45, 7) is 4.04. The van der Waals surface area contributed by atoms with Crippen LogP contribution in [0.3, 0.4) is 0 Å². The first kappa shape index (κ1) is 12.2. The van der Waals surface area contributed by atoms with E-state index in [-0.39, 0.29) is 18.2 Å². The molecule has 0 aromatic heterocycles. The molecule has 72 valence electrons. The molecule has 0 saturated heterocycles. The average molecular weight is 199 g/mol. The molecular formula is C11H15ClO. The van der Waals surface area contributed by atoms with E-state index in [0.717, 1.165) is 12.0 Å². The van der Waals surface area contributed by atoms with Crippen LogP contribution >= 0.6 is 12.4 Å². The van der Waals surface area contributed by atoms with Crippen molar-refractivity contribution in [1.82, 2.24) is 0 Å². The van der Waals surface area contributed by atoms with Crippen LogP contribution in [0.2, 0.25) is 0 Å². The first-order valence-corrected chi connectivity index (χ1v) is 4.34. The molecule has 0 aliphatic heterocycles. The predicted molar refractivity (Wildman–Crippen MR) is 57.7 cm³/mol. The highest BCUT2D eigenvalue weighted by Crippen LogP contribution is 2.06. The van der Waals surface area contributed by atoms with Gasteiger partial charge < -0.3 is 0 Å². The minimum absolute atomic E-state index is 0. The average Bonchev–Trinajstić information content (AvgIpc) is 2.06. The zero-order valence-corrected chi connectivity index (χ0v) is 8.86. The number of hydrogen-bond donors (Lipinski definition) is 0. The van der Waals surface area contributed by atoms with Crippen molar-refractivity contribution in [3.63, 3.8) is 0 Å². The summed E-state index contributed by atoms with van der Waals surface area (Å²) >= 11 is 0. The van der Waals surface area contributed by atoms with Gasteiger partial charge in [0, 0.05) is 12.0 Å². The van der Waals surface area contributed by atoms with Gasteiger partial charge in [0.25, 0.3) is 0 Å². The molecule has 0 aliphatic rings. The monoisotopic (exact) mass is 198 g/mol. The van der Waals surface area contributed by atoms with Crippen molar-refractivity contribution < 1.29 is 4.79 Å². The summed E-state index contributed by atoms with van der Waals surface area (Å²) in [5, 5.41) is 0. The third-order valence-electron chi connectivity index (χ3n) is 1.85. The molecule has 0 unspecified atom stereocenters. The highest BCUT2D eigenvalue weighted by Gasteiger charge is 2.02. The molecule has 0 fully saturated rings. The summed E-state index contributed by atoms with van der Waals surface area (Å²) in [6.07, 6.45) is 1.58. The molecule has 13 heavy (non-hydrogen) atoms. The number of aryl methyl sites for hydroxylation is 1. The SMILES string of the molecule is CCCC(=O)c1ccc(C)cc1.Cl. The molecule has 0 saturated carbocycles. The van der Waals surface area contributed by atoms with Crippen LogP contribution in [0.15, 0.2) is 24.3 Å². The fourth-order valence-electron chi connectivity index (χ4n) is 1.11. The minimum Gasteiger partial charge on any atom is -0.294 e. The molecule has 1 aromatic carbocycles. The van der Waals surface area contributed by atoms with Crippen LogP contribution in [0.4, 0.5) is 0 Å². The van der Waals surface area contributed by atoms with Crippen molar-refractivity contribution in [3.8, 4) is 0 Å². The Hall–Kier alpha value is -0.820. The second-order valence-electron chi connectivity index (χ2n) is 3.04. The van der Waals surface area contributed by atoms with Crippen molar-refractivity contribution in [3.05, 3.63) is 35.4 Å². The first-order chi connectivity index (χ1) is 5.74. The van der Waals surface area contributed by atoms with Gasteiger partial charge in [-0.1, -0.05) is 36.8 Å². The summed E-state index contributed by atoms with van der Waals surface area (Å²) in [5.41, 5.74) is 2.03. The molecule has 1 nitrogen and oxygen atoms in total. The highest BCUT2D eigenvalue weighted by atomic mass is 35.5. The maximum atomic E-state index is 11.4. The third-order valence-corrected chi connectivity index (χ3v) is 1.85. The van der Waals surface area contributed by atoms with E-state index in [1.165, 1.54) is 5.56 Å². The van der Waals surface area contributed by atoms with Gasteiger partial charge in [-0.05, 0) is 13.3 Å². The van der Waals surface area contributed by atoms with E-state index >= 15 is 0 Å². The molecule has 0 radical (unpaired) electrons. The Balaban J connectivity index is 0.00000144. The van der Waals surface area contributed by atoms with E-state index < -0.39 is 0 Å². The summed E-state index contributed by atoms with van der Waals surface area (Å²) < 4.78 is 0. The number of halogens is 1. The minimum atomic E-state index is 0. The van der Waals surface area contributed by atoms with Gasteiger partial charge in [0.15, 0.2) is 5.78 Å². The summed E-state index contributed by atoms with van der Waals surface area (Å²) in [7, 11) is 0. The number of benzene rings is 1. The second kappa shape index (κ2) is 5.76. The van der Waals surface area contributed by atoms with E-state index in [4.69, 9.17) is 0 Å². The Labute approximate surface area is 85.6 Å². The Morgan fingerprint density at radius 1 is 1.23 bits per heavy atom. The third kappa shape index (κ3) is 3.60. The largest absolute Gasteiger partial charge is 0.294 e. The van der Waals surface area contributed by atoms with Gasteiger partial charge in [-0.25, -0.2) is 0 Å². The van der Waals surface area contributed by atoms with E-state index in [1.807, 2.05) is 38.1 Å². The van der Waals surface area contributed by atoms with Crippen LogP contribution in [-0.2, 0) is 0 Å². The predicted octanol–water partition coefficient (Wildman–Crippen LogP) is 3.40. The lowest BCUT2D eigenvalue weighted by Crippen LogP contribution is -1.97. The van der Waals surface area contributed by atoms with Gasteiger partial charge in [0.2, 0.25) is 0 Å². The summed E-state index contributed by atoms with van der Waals surface area (Å²) in [6, 6.07) is 7.74. The van der Waals surface area contributed by atoms with Crippen LogP contribution in [0.5, 0.6) is 0 Å². The van der Waals surface area contributed by atoms with Crippen LogP contribution in [-0.4, -0.2) is 5.78 Å². The normalized spacial score (nSPS) is 9.08. The number of ketones is 1. The lowest BCUT2D eigenvalue weighted by molar-refractivity contribution is 0.0982. The van der Waals surface area contributed by atoms with E-state index in [2.05, 4.69) is 0 Å². The van der Waals surface area contributed by atoms with Crippen LogP contribution in [0.1, 0.15) is 35.7 Å². The molecule has 0 spiro atoms. The van der Waals surface area contributed by atoms with E-state index in [1.54, 1.807) is 0 Å². The Morgan fingerprint density at radius 3 is 2.23 bits per heavy atom. The molecule has 0 aliphatic carbocycles. The molecule has 1 rings (SSSR count). The number of rotatable bonds is 3. The highest BCUT2D eigenvalue weighted by molar-refractivity contribution is 5.95. The Morgan fingerprint density at radius 2 is 1.77 bits per heavy atom. The van der Waals surface area contributed by atoms with Crippen molar-refractivity contribution >= 4 is 18.2 Å². The zero-order chi connectivity index (χ0) is 8.97. The molecule has 0 heterocycles. The fourth-order valence-corrected chi connectivity index (χ4v) is 1.11. The Kier molecular flexibility index (Phi) is 5.40. The smallest absolute Gasteiger partial charge is 0.162 e. The van der Waals surface area contributed by atoms with Gasteiger partial charge in [-0.15, -0.1) is 12.4 Å². The van der Waals surface area contributed by atoms with Crippen molar-refractivity contribution in [2.75, 3.05) is 0 Å². The standard InChI is InChI=1S/C11H14O.ClH/c1-3-4-11(12)10-7-5-9(2)6-8-10;/h5-8H,3-4H2,1-2H3;1H. The van der Waals surface area contributed by atoms with Gasteiger partial charge in [-0.3, -0.25) is 4.79 Å². The van der Waals surface area contributed by atoms with Gasteiger partial charge in [0.1, 0.15) is 0 Å². The quantitative estimate of drug-likeness (QED) is 0.681. The summed E-state index contributed by atoms with van der Waals surface area (Å²) in [4.78, 5) is 11.4. The number of carbonyl (C=O) groups excluding carboxylic acids is 1. The van der Waals surface area contributed by atoms with Gasteiger partial charge >= 0.3 is 0 Å². The van der Waals surface area contributed by atoms with Gasteiger partial charge in [0.05, 0.1) is 0 Å². The van der Waals surface area contributed by atoms with Crippen molar-refractivity contribution in [1.29, 1.82) is 0 Å². The lowest BCUT2D eigenvalue weighted by Gasteiger charge is -1.98. The maximum absolute atomic E-state index is 11.4. The topological polar surface area (TPSA) is 17.1 Å². The fraction of sp³-hybridized carbons (Fsp3) is 0.364. The van der Waals surface area contributed by atoms with Crippen LogP contribution in [0, 0.1) is 6.92 Å². The van der Waals surface area contributed by atoms with Crippen LogP contribution in [0.25, 0.3) is 0 Å². The molecule has 0 atom stereocenters. The van der Waals surface area contributed by atoms with Crippen molar-refractivity contribution in [2.45, 2.75) is 26.7 Å². The Bertz CT molecular complexity index is 264. The molecule has 2 heteroatoms. The summed E-state index contributed by atoms with van der Waals surface area (Å²) in [5.74, 6) is 0.248. The van der Waals surface area contributed by atoms with Crippen molar-refractivity contribution in [2.24, 2.45) is 0 Å². The molecular weight excluding hydrogens is 184 g/mol. The van der Waals surface area contributed by atoms with E-state index in [0.29, 0.717) is 6.42 Å². The zero-order valence-electron chi connectivity index (χ0n) is 8.04. The maximum Gasteiger partial charge on any atom is 0.162 e. The number of carbonyl (C=O) groups is 1.